The molecule has 0 unspecified atom stereocenters. The van der Waals surface area contributed by atoms with Crippen LogP contribution in [0.5, 0.6) is 5.75 Å². The summed E-state index contributed by atoms with van der Waals surface area (Å²) in [6, 6.07) is 4.27. The number of hydrogen-bond acceptors (Lipinski definition) is 3. The Kier molecular flexibility index (Phi) is 6.23. The van der Waals surface area contributed by atoms with E-state index in [0.717, 1.165) is 25.7 Å². The maximum atomic E-state index is 13.2. The van der Waals surface area contributed by atoms with Crippen LogP contribution in [0.4, 0.5) is 4.39 Å². The van der Waals surface area contributed by atoms with E-state index in [4.69, 9.17) is 10.5 Å². The van der Waals surface area contributed by atoms with Crippen molar-refractivity contribution in [2.45, 2.75) is 37.8 Å². The van der Waals surface area contributed by atoms with Gasteiger partial charge in [-0.05, 0) is 43.9 Å². The molecule has 0 heterocycles. The standard InChI is InChI=1S/C14H19FN2O2.ClH/c1-19-13-7-2-9(15)8-12(13)14(18)17-11-5-3-10(16)4-6-11;/h2,7-8,10-11H,3-6,16H2,1H3,(H,17,18);1H. The average molecular weight is 303 g/mol. The molecule has 1 aromatic carbocycles. The lowest BCUT2D eigenvalue weighted by atomic mass is 9.91. The molecule has 4 nitrogen and oxygen atoms in total. The number of halogens is 2. The van der Waals surface area contributed by atoms with Crippen molar-refractivity contribution in [3.05, 3.63) is 29.6 Å². The number of hydrogen-bond donors (Lipinski definition) is 2. The second-order valence-corrected chi connectivity index (χ2v) is 4.93. The fourth-order valence-electron chi connectivity index (χ4n) is 2.38. The van der Waals surface area contributed by atoms with Gasteiger partial charge in [-0.2, -0.15) is 0 Å². The van der Waals surface area contributed by atoms with Gasteiger partial charge in [-0.15, -0.1) is 12.4 Å². The molecule has 1 saturated carbocycles. The summed E-state index contributed by atoms with van der Waals surface area (Å²) in [5, 5.41) is 2.92. The van der Waals surface area contributed by atoms with E-state index in [2.05, 4.69) is 5.32 Å². The fourth-order valence-corrected chi connectivity index (χ4v) is 2.38. The lowest BCUT2D eigenvalue weighted by Crippen LogP contribution is -2.40. The van der Waals surface area contributed by atoms with E-state index in [-0.39, 0.29) is 36.0 Å². The lowest BCUT2D eigenvalue weighted by molar-refractivity contribution is 0.0922. The van der Waals surface area contributed by atoms with E-state index in [0.29, 0.717) is 5.75 Å². The van der Waals surface area contributed by atoms with Crippen molar-refractivity contribution in [2.75, 3.05) is 7.11 Å². The van der Waals surface area contributed by atoms with Crippen molar-refractivity contribution >= 4 is 18.3 Å². The van der Waals surface area contributed by atoms with E-state index in [1.165, 1.54) is 25.3 Å². The molecule has 3 N–H and O–H groups in total. The third kappa shape index (κ3) is 4.08. The molecule has 0 aromatic heterocycles. The number of carbonyl (C=O) groups excluding carboxylic acids is 1. The molecule has 0 spiro atoms. The van der Waals surface area contributed by atoms with Gasteiger partial charge in [-0.25, -0.2) is 4.39 Å². The predicted molar refractivity (Wildman–Crippen MR) is 77.9 cm³/mol. The van der Waals surface area contributed by atoms with Crippen LogP contribution in [0.1, 0.15) is 36.0 Å². The van der Waals surface area contributed by atoms with Crippen LogP contribution in [0.2, 0.25) is 0 Å². The molecule has 1 aliphatic carbocycles. The molecule has 0 saturated heterocycles. The zero-order valence-corrected chi connectivity index (χ0v) is 12.2. The number of rotatable bonds is 3. The quantitative estimate of drug-likeness (QED) is 0.900. The maximum Gasteiger partial charge on any atom is 0.255 e. The van der Waals surface area contributed by atoms with E-state index in [1.54, 1.807) is 0 Å². The van der Waals surface area contributed by atoms with Crippen LogP contribution in [-0.4, -0.2) is 25.1 Å². The van der Waals surface area contributed by atoms with Crippen LogP contribution in [-0.2, 0) is 0 Å². The average Bonchev–Trinajstić information content (AvgIpc) is 2.41. The Morgan fingerprint density at radius 1 is 1.35 bits per heavy atom. The number of nitrogens with two attached hydrogens (primary N) is 1. The van der Waals surface area contributed by atoms with E-state index < -0.39 is 5.82 Å². The van der Waals surface area contributed by atoms with Crippen molar-refractivity contribution in [1.29, 1.82) is 0 Å². The third-order valence-electron chi connectivity index (χ3n) is 3.51. The van der Waals surface area contributed by atoms with Gasteiger partial charge in [0, 0.05) is 12.1 Å². The highest BCUT2D eigenvalue weighted by Gasteiger charge is 2.22. The van der Waals surface area contributed by atoms with E-state index in [9.17, 15) is 9.18 Å². The lowest BCUT2D eigenvalue weighted by Gasteiger charge is -2.27. The van der Waals surface area contributed by atoms with Gasteiger partial charge in [0.2, 0.25) is 0 Å². The second-order valence-electron chi connectivity index (χ2n) is 4.93. The molecule has 1 amide bonds. The molecule has 0 aliphatic heterocycles. The Labute approximate surface area is 124 Å². The zero-order chi connectivity index (χ0) is 13.8. The minimum Gasteiger partial charge on any atom is -0.496 e. The Bertz CT molecular complexity index is 462. The molecule has 1 aliphatic rings. The van der Waals surface area contributed by atoms with Crippen LogP contribution >= 0.6 is 12.4 Å². The number of ether oxygens (including phenoxy) is 1. The minimum atomic E-state index is -0.448. The monoisotopic (exact) mass is 302 g/mol. The van der Waals surface area contributed by atoms with Crippen molar-refractivity contribution in [1.82, 2.24) is 5.32 Å². The fraction of sp³-hybridized carbons (Fsp3) is 0.500. The molecule has 0 radical (unpaired) electrons. The molecule has 1 fully saturated rings. The zero-order valence-electron chi connectivity index (χ0n) is 11.4. The minimum absolute atomic E-state index is 0. The molecular formula is C14H20ClFN2O2. The van der Waals surface area contributed by atoms with E-state index in [1.807, 2.05) is 0 Å². The summed E-state index contributed by atoms with van der Waals surface area (Å²) < 4.78 is 18.3. The Morgan fingerprint density at radius 3 is 2.60 bits per heavy atom. The van der Waals surface area contributed by atoms with Crippen LogP contribution in [0.15, 0.2) is 18.2 Å². The highest BCUT2D eigenvalue weighted by molar-refractivity contribution is 5.97. The Hall–Kier alpha value is -1.33. The normalized spacial score (nSPS) is 21.8. The van der Waals surface area contributed by atoms with Gasteiger partial charge in [-0.3, -0.25) is 4.79 Å². The Balaban J connectivity index is 0.00000200. The van der Waals surface area contributed by atoms with Crippen molar-refractivity contribution in [3.63, 3.8) is 0 Å². The first-order valence-electron chi connectivity index (χ1n) is 6.50. The number of nitrogens with one attached hydrogen (secondary N) is 1. The van der Waals surface area contributed by atoms with Gasteiger partial charge in [0.15, 0.2) is 0 Å². The van der Waals surface area contributed by atoms with E-state index >= 15 is 0 Å². The highest BCUT2D eigenvalue weighted by Crippen LogP contribution is 2.21. The molecule has 6 heteroatoms. The molecule has 2 rings (SSSR count). The summed E-state index contributed by atoms with van der Waals surface area (Å²) in [6.45, 7) is 0. The van der Waals surface area contributed by atoms with Crippen molar-refractivity contribution < 1.29 is 13.9 Å². The van der Waals surface area contributed by atoms with Crippen LogP contribution < -0.4 is 15.8 Å². The highest BCUT2D eigenvalue weighted by atomic mass is 35.5. The van der Waals surface area contributed by atoms with Crippen molar-refractivity contribution in [2.24, 2.45) is 5.73 Å². The molecule has 0 bridgehead atoms. The van der Waals surface area contributed by atoms with Crippen LogP contribution in [0.3, 0.4) is 0 Å². The summed E-state index contributed by atoms with van der Waals surface area (Å²) in [7, 11) is 1.46. The topological polar surface area (TPSA) is 64.3 Å². The summed E-state index contributed by atoms with van der Waals surface area (Å²) >= 11 is 0. The van der Waals surface area contributed by atoms with Crippen LogP contribution in [0.25, 0.3) is 0 Å². The predicted octanol–water partition coefficient (Wildman–Crippen LogP) is 2.26. The number of benzene rings is 1. The van der Waals surface area contributed by atoms with Gasteiger partial charge in [-0.1, -0.05) is 0 Å². The summed E-state index contributed by atoms with van der Waals surface area (Å²) in [5.41, 5.74) is 6.06. The van der Waals surface area contributed by atoms with Gasteiger partial charge >= 0.3 is 0 Å². The van der Waals surface area contributed by atoms with Gasteiger partial charge in [0.1, 0.15) is 11.6 Å². The SMILES string of the molecule is COc1ccc(F)cc1C(=O)NC1CCC(N)CC1.Cl. The molecule has 20 heavy (non-hydrogen) atoms. The summed E-state index contributed by atoms with van der Waals surface area (Å²) in [5.74, 6) is -0.361. The number of methoxy groups -OCH3 is 1. The van der Waals surface area contributed by atoms with Gasteiger partial charge in [0.05, 0.1) is 12.7 Å². The first-order valence-corrected chi connectivity index (χ1v) is 6.50. The van der Waals surface area contributed by atoms with Gasteiger partial charge < -0.3 is 15.8 Å². The molecule has 1 aromatic rings. The number of amides is 1. The summed E-state index contributed by atoms with van der Waals surface area (Å²) in [4.78, 5) is 12.1. The second kappa shape index (κ2) is 7.45. The number of carbonyl (C=O) groups is 1. The largest absolute Gasteiger partial charge is 0.496 e. The maximum absolute atomic E-state index is 13.2. The first-order chi connectivity index (χ1) is 9.10. The third-order valence-corrected chi connectivity index (χ3v) is 3.51. The molecular weight excluding hydrogens is 283 g/mol. The summed E-state index contributed by atoms with van der Waals surface area (Å²) in [6.07, 6.45) is 3.55. The van der Waals surface area contributed by atoms with Gasteiger partial charge in [0.25, 0.3) is 5.91 Å². The molecule has 0 atom stereocenters. The first kappa shape index (κ1) is 16.7. The van der Waals surface area contributed by atoms with Crippen molar-refractivity contribution in [3.8, 4) is 5.75 Å². The smallest absolute Gasteiger partial charge is 0.255 e. The molecule has 112 valence electrons. The Morgan fingerprint density at radius 2 is 2.00 bits per heavy atom. The van der Waals surface area contributed by atoms with Crippen LogP contribution in [0, 0.1) is 5.82 Å².